The number of anilines is 2. The van der Waals surface area contributed by atoms with Crippen molar-refractivity contribution in [1.82, 2.24) is 9.88 Å². The third-order valence-electron chi connectivity index (χ3n) is 5.67. The third kappa shape index (κ3) is 5.07. The van der Waals surface area contributed by atoms with Gasteiger partial charge in [0, 0.05) is 24.8 Å². The molecule has 0 bridgehead atoms. The molecule has 2 amide bonds. The zero-order valence-electron chi connectivity index (χ0n) is 19.1. The molecule has 10 nitrogen and oxygen atoms in total. The maximum absolute atomic E-state index is 13.0. The van der Waals surface area contributed by atoms with Gasteiger partial charge in [0.05, 0.1) is 17.1 Å². The van der Waals surface area contributed by atoms with Crippen LogP contribution in [0.1, 0.15) is 50.0 Å². The van der Waals surface area contributed by atoms with E-state index in [2.05, 4.69) is 10.6 Å². The monoisotopic (exact) mass is 490 g/mol. The summed E-state index contributed by atoms with van der Waals surface area (Å²) < 4.78 is 12.2. The molecule has 2 aromatic rings. The summed E-state index contributed by atoms with van der Waals surface area (Å²) in [7, 11) is 0. The number of esters is 1. The lowest BCUT2D eigenvalue weighted by Crippen LogP contribution is -2.53. The van der Waals surface area contributed by atoms with Gasteiger partial charge in [0.1, 0.15) is 17.8 Å². The van der Waals surface area contributed by atoms with Gasteiger partial charge in [0.2, 0.25) is 11.7 Å². The quantitative estimate of drug-likeness (QED) is 0.381. The molecule has 1 fully saturated rings. The fraction of sp³-hybridized carbons (Fsp3) is 0.391. The number of ether oxygens (including phenoxy) is 2. The Bertz CT molecular complexity index is 1170. The van der Waals surface area contributed by atoms with Crippen LogP contribution in [-0.2, 0) is 19.1 Å². The number of hydrogen-bond donors (Lipinski definition) is 3. The molecule has 2 unspecified atom stereocenters. The van der Waals surface area contributed by atoms with E-state index in [-0.39, 0.29) is 22.7 Å². The largest absolute Gasteiger partial charge is 0.431 e. The van der Waals surface area contributed by atoms with Crippen LogP contribution < -0.4 is 21.9 Å². The van der Waals surface area contributed by atoms with Gasteiger partial charge in [-0.15, -0.1) is 0 Å². The number of carbonyl (C=O) groups is 3. The molecule has 1 aliphatic heterocycles. The van der Waals surface area contributed by atoms with Crippen molar-refractivity contribution < 1.29 is 23.9 Å². The van der Waals surface area contributed by atoms with Crippen LogP contribution in [0.2, 0.25) is 5.02 Å². The van der Waals surface area contributed by atoms with E-state index in [1.165, 1.54) is 48.0 Å². The van der Waals surface area contributed by atoms with Crippen molar-refractivity contribution in [2.45, 2.75) is 51.5 Å². The fourth-order valence-corrected chi connectivity index (χ4v) is 3.96. The molecule has 1 aromatic carbocycles. The molecular formula is C23H27ClN4O6. The van der Waals surface area contributed by atoms with Crippen LogP contribution in [0.5, 0.6) is 0 Å². The molecule has 3 atom stereocenters. The van der Waals surface area contributed by atoms with E-state index in [9.17, 15) is 19.2 Å². The Morgan fingerprint density at radius 2 is 2.06 bits per heavy atom. The van der Waals surface area contributed by atoms with Gasteiger partial charge in [-0.2, -0.15) is 0 Å². The molecule has 0 spiro atoms. The molecule has 2 heterocycles. The molecule has 11 heteroatoms. The molecule has 1 saturated heterocycles. The Kier molecular flexibility index (Phi) is 7.63. The average Bonchev–Trinajstić information content (AvgIpc) is 3.11. The number of nitrogens with zero attached hydrogens (tertiary/aromatic N) is 1. The molecule has 0 radical (unpaired) electrons. The van der Waals surface area contributed by atoms with E-state index < -0.39 is 41.2 Å². The summed E-state index contributed by atoms with van der Waals surface area (Å²) in [6.45, 7) is 5.39. The normalized spacial score (nSPS) is 20.5. The molecule has 4 N–H and O–H groups in total. The van der Waals surface area contributed by atoms with Gasteiger partial charge in [-0.25, -0.2) is 0 Å². The highest BCUT2D eigenvalue weighted by atomic mass is 35.5. The number of cyclic esters (lactones) is 1. The van der Waals surface area contributed by atoms with Gasteiger partial charge < -0.3 is 30.4 Å². The fourth-order valence-electron chi connectivity index (χ4n) is 3.78. The first kappa shape index (κ1) is 25.3. The molecule has 3 rings (SSSR count). The van der Waals surface area contributed by atoms with Crippen molar-refractivity contribution in [1.29, 1.82) is 0 Å². The second-order valence-electron chi connectivity index (χ2n) is 7.84. The highest BCUT2D eigenvalue weighted by molar-refractivity contribution is 6.33. The van der Waals surface area contributed by atoms with Crippen LogP contribution >= 0.6 is 11.6 Å². The van der Waals surface area contributed by atoms with Crippen LogP contribution in [0.15, 0.2) is 41.3 Å². The van der Waals surface area contributed by atoms with Gasteiger partial charge in [-0.1, -0.05) is 18.5 Å². The summed E-state index contributed by atoms with van der Waals surface area (Å²) in [5, 5.41) is 5.53. The number of carbonyl (C=O) groups excluding carboxylic acids is 3. The average molecular weight is 491 g/mol. The van der Waals surface area contributed by atoms with E-state index in [0.29, 0.717) is 18.7 Å². The zero-order chi connectivity index (χ0) is 25.0. The summed E-state index contributed by atoms with van der Waals surface area (Å²) in [5.41, 5.74) is 5.62. The molecule has 34 heavy (non-hydrogen) atoms. The summed E-state index contributed by atoms with van der Waals surface area (Å²) in [6, 6.07) is 5.69. The third-order valence-corrected chi connectivity index (χ3v) is 6.00. The number of benzene rings is 1. The Hall–Kier alpha value is -3.37. The lowest BCUT2D eigenvalue weighted by molar-refractivity contribution is -0.220. The number of hydrogen-bond acceptors (Lipinski definition) is 7. The highest BCUT2D eigenvalue weighted by Gasteiger charge is 2.50. The van der Waals surface area contributed by atoms with Crippen molar-refractivity contribution in [3.05, 3.63) is 57.5 Å². The van der Waals surface area contributed by atoms with Gasteiger partial charge in [0.25, 0.3) is 11.5 Å². The number of amides is 2. The molecular weight excluding hydrogens is 464 g/mol. The maximum atomic E-state index is 13.0. The lowest BCUT2D eigenvalue weighted by Gasteiger charge is -2.32. The predicted molar refractivity (Wildman–Crippen MR) is 127 cm³/mol. The van der Waals surface area contributed by atoms with Crippen LogP contribution in [0, 0.1) is 0 Å². The predicted octanol–water partition coefficient (Wildman–Crippen LogP) is 2.47. The smallest absolute Gasteiger partial charge is 0.310 e. The molecule has 0 saturated carbocycles. The van der Waals surface area contributed by atoms with Crippen LogP contribution in [0.25, 0.3) is 0 Å². The topological polar surface area (TPSA) is 142 Å². The van der Waals surface area contributed by atoms with Crippen LogP contribution in [-0.4, -0.2) is 40.8 Å². The Morgan fingerprint density at radius 1 is 1.32 bits per heavy atom. The minimum absolute atomic E-state index is 0.0169. The van der Waals surface area contributed by atoms with Crippen LogP contribution in [0.3, 0.4) is 0 Å². The highest BCUT2D eigenvalue weighted by Crippen LogP contribution is 2.32. The van der Waals surface area contributed by atoms with Gasteiger partial charge in [-0.05, 0) is 44.2 Å². The lowest BCUT2D eigenvalue weighted by atomic mass is 10.0. The first-order valence-electron chi connectivity index (χ1n) is 10.9. The van der Waals surface area contributed by atoms with E-state index in [1.54, 1.807) is 13.8 Å². The zero-order valence-corrected chi connectivity index (χ0v) is 19.8. The number of halogens is 1. The van der Waals surface area contributed by atoms with Crippen molar-refractivity contribution in [2.24, 2.45) is 0 Å². The van der Waals surface area contributed by atoms with E-state index in [4.69, 9.17) is 26.8 Å². The molecule has 0 aliphatic carbocycles. The summed E-state index contributed by atoms with van der Waals surface area (Å²) >= 11 is 5.97. The first-order valence-corrected chi connectivity index (χ1v) is 11.2. The number of nitrogens with one attached hydrogen (secondary N) is 2. The van der Waals surface area contributed by atoms with Crippen molar-refractivity contribution in [3.8, 4) is 0 Å². The van der Waals surface area contributed by atoms with Gasteiger partial charge in [0.15, 0.2) is 0 Å². The van der Waals surface area contributed by atoms with Crippen LogP contribution in [0.4, 0.5) is 11.4 Å². The number of aromatic nitrogens is 1. The van der Waals surface area contributed by atoms with E-state index in [0.717, 1.165) is 0 Å². The van der Waals surface area contributed by atoms with Gasteiger partial charge >= 0.3 is 5.97 Å². The second-order valence-corrected chi connectivity index (χ2v) is 8.25. The minimum Gasteiger partial charge on any atom is -0.431 e. The molecule has 182 valence electrons. The van der Waals surface area contributed by atoms with Crippen molar-refractivity contribution in [2.75, 3.05) is 17.7 Å². The van der Waals surface area contributed by atoms with E-state index in [1.807, 2.05) is 0 Å². The summed E-state index contributed by atoms with van der Waals surface area (Å²) in [4.78, 5) is 50.5. The molecule has 1 aromatic heterocycles. The minimum atomic E-state index is -1.25. The SMILES string of the molecule is CCOC1(CC)OC(=O)C[C@@H]1NC(=O)C(C)n1cccc(NC(=O)c2ccc(N)c(Cl)c2)c1=O. The second kappa shape index (κ2) is 10.3. The summed E-state index contributed by atoms with van der Waals surface area (Å²) in [5.74, 6) is -2.78. The molecule has 1 aliphatic rings. The van der Waals surface area contributed by atoms with Crippen molar-refractivity contribution >= 4 is 40.8 Å². The number of nitrogens with two attached hydrogens (primary N) is 1. The number of pyridine rings is 1. The number of rotatable bonds is 8. The Labute approximate surface area is 201 Å². The Morgan fingerprint density at radius 3 is 2.71 bits per heavy atom. The Balaban J connectivity index is 1.78. The number of nitrogen functional groups attached to an aromatic ring is 1. The van der Waals surface area contributed by atoms with Gasteiger partial charge in [-0.3, -0.25) is 19.2 Å². The maximum Gasteiger partial charge on any atom is 0.310 e. The summed E-state index contributed by atoms with van der Waals surface area (Å²) in [6.07, 6.45) is 1.75. The van der Waals surface area contributed by atoms with E-state index >= 15 is 0 Å². The first-order chi connectivity index (χ1) is 16.1. The standard InChI is InChI=1S/C23H27ClN4O6/c1-4-23(33-5-2)18(12-19(29)34-23)27-20(30)13(3)28-10-6-7-17(22(28)32)26-21(31)14-8-9-16(25)15(24)11-14/h6-11,13,18H,4-5,12,25H2,1-3H3,(H,26,31)(H,27,30)/t13?,18-,23?/m0/s1. The van der Waals surface area contributed by atoms with Crippen molar-refractivity contribution in [3.63, 3.8) is 0 Å².